The Labute approximate surface area is 51.0 Å². The number of aliphatic hydroxyl groups excluding tert-OH is 1. The first kappa shape index (κ1) is 6.12. The molecule has 0 aliphatic heterocycles. The van der Waals surface area contributed by atoms with Gasteiger partial charge in [-0.25, -0.2) is 0 Å². The first-order valence-electron chi connectivity index (χ1n) is 2.35. The molecule has 3 N–H and O–H groups in total. The predicted octanol–water partition coefficient (Wildman–Crippen LogP) is -0.0316. The molecule has 0 unspecified atom stereocenters. The van der Waals surface area contributed by atoms with Gasteiger partial charge < -0.3 is 19.7 Å². The minimum Gasteiger partial charge on any atom is -0.481 e. The Bertz CT molecular complexity index is 191. The van der Waals surface area contributed by atoms with E-state index < -0.39 is 6.29 Å². The van der Waals surface area contributed by atoms with E-state index in [1.54, 1.807) is 0 Å². The summed E-state index contributed by atoms with van der Waals surface area (Å²) in [6.07, 6.45) is -1.65. The monoisotopic (exact) mass is 130 g/mol. The quantitative estimate of drug-likeness (QED) is 0.466. The molecule has 0 aliphatic carbocycles. The molecule has 0 aromatic carbocycles. The zero-order chi connectivity index (χ0) is 6.85. The topological polar surface area (TPSA) is 73.8 Å². The molecule has 0 saturated heterocycles. The first-order chi connectivity index (χ1) is 4.20. The highest BCUT2D eigenvalue weighted by Gasteiger charge is 2.06. The van der Waals surface area contributed by atoms with Crippen LogP contribution in [0, 0.1) is 0 Å². The van der Waals surface area contributed by atoms with Crippen LogP contribution < -0.4 is 0 Å². The molecule has 0 radical (unpaired) electrons. The summed E-state index contributed by atoms with van der Waals surface area (Å²) < 4.78 is 4.40. The highest BCUT2D eigenvalue weighted by molar-refractivity contribution is 5.10. The molecule has 1 aromatic heterocycles. The van der Waals surface area contributed by atoms with Gasteiger partial charge in [0.25, 0.3) is 5.95 Å². The Balaban J connectivity index is 2.85. The maximum Gasteiger partial charge on any atom is 0.282 e. The van der Waals surface area contributed by atoms with Crippen LogP contribution in [-0.4, -0.2) is 15.3 Å². The normalized spacial score (nSPS) is 10.6. The van der Waals surface area contributed by atoms with Gasteiger partial charge in [0.1, 0.15) is 0 Å². The molecule has 0 spiro atoms. The van der Waals surface area contributed by atoms with E-state index in [0.29, 0.717) is 0 Å². The fraction of sp³-hybridized carbons (Fsp3) is 0.200. The molecular formula is C5H6O4. The van der Waals surface area contributed by atoms with Crippen molar-refractivity contribution in [2.24, 2.45) is 0 Å². The molecule has 0 bridgehead atoms. The van der Waals surface area contributed by atoms with E-state index in [1.807, 2.05) is 0 Å². The van der Waals surface area contributed by atoms with Crippen molar-refractivity contribution >= 4 is 0 Å². The smallest absolute Gasteiger partial charge is 0.282 e. The highest BCUT2D eigenvalue weighted by atomic mass is 16.5. The lowest BCUT2D eigenvalue weighted by Crippen LogP contribution is -1.90. The summed E-state index contributed by atoms with van der Waals surface area (Å²) in [5.74, 6) is -0.384. The van der Waals surface area contributed by atoms with Crippen LogP contribution in [0.25, 0.3) is 0 Å². The molecule has 50 valence electrons. The van der Waals surface area contributed by atoms with E-state index in [4.69, 9.17) is 15.3 Å². The molecule has 0 aliphatic rings. The third-order valence-electron chi connectivity index (χ3n) is 0.867. The fourth-order valence-electron chi connectivity index (χ4n) is 0.481. The van der Waals surface area contributed by atoms with Gasteiger partial charge in [-0.1, -0.05) is 0 Å². The molecule has 0 fully saturated rings. The lowest BCUT2D eigenvalue weighted by Gasteiger charge is -1.94. The van der Waals surface area contributed by atoms with Crippen LogP contribution in [0.3, 0.4) is 0 Å². The largest absolute Gasteiger partial charge is 0.481 e. The molecule has 1 rings (SSSR count). The second-order valence-electron chi connectivity index (χ2n) is 1.55. The first-order valence-corrected chi connectivity index (χ1v) is 2.35. The Kier molecular flexibility index (Phi) is 1.42. The van der Waals surface area contributed by atoms with Crippen LogP contribution in [-0.2, 0) is 0 Å². The number of aliphatic hydroxyl groups is 2. The Hall–Kier alpha value is -1.00. The second-order valence-corrected chi connectivity index (χ2v) is 1.55. The lowest BCUT2D eigenvalue weighted by atomic mass is 10.4. The highest BCUT2D eigenvalue weighted by Crippen LogP contribution is 2.17. The SMILES string of the molecule is Oc1ccc(C(O)O)o1. The molecule has 0 atom stereocenters. The van der Waals surface area contributed by atoms with Crippen molar-refractivity contribution in [2.75, 3.05) is 0 Å². The summed E-state index contributed by atoms with van der Waals surface area (Å²) in [5, 5.41) is 25.3. The number of hydrogen-bond donors (Lipinski definition) is 3. The summed E-state index contributed by atoms with van der Waals surface area (Å²) in [7, 11) is 0. The molecule has 4 nitrogen and oxygen atoms in total. The van der Waals surface area contributed by atoms with Gasteiger partial charge in [-0.05, 0) is 6.07 Å². The van der Waals surface area contributed by atoms with Crippen LogP contribution in [0.2, 0.25) is 0 Å². The van der Waals surface area contributed by atoms with Crippen molar-refractivity contribution in [3.05, 3.63) is 17.9 Å². The standard InChI is InChI=1S/C5H6O4/c6-4-2-1-3(9-4)5(7)8/h1-2,5-8H. The lowest BCUT2D eigenvalue weighted by molar-refractivity contribution is -0.0594. The Morgan fingerprint density at radius 3 is 2.22 bits per heavy atom. The van der Waals surface area contributed by atoms with Crippen molar-refractivity contribution in [3.8, 4) is 5.95 Å². The van der Waals surface area contributed by atoms with Crippen molar-refractivity contribution < 1.29 is 19.7 Å². The van der Waals surface area contributed by atoms with Crippen LogP contribution in [0.1, 0.15) is 12.1 Å². The van der Waals surface area contributed by atoms with Gasteiger partial charge in [0.2, 0.25) is 6.29 Å². The van der Waals surface area contributed by atoms with Crippen molar-refractivity contribution in [1.29, 1.82) is 0 Å². The minimum atomic E-state index is -1.65. The predicted molar refractivity (Wildman–Crippen MR) is 27.6 cm³/mol. The van der Waals surface area contributed by atoms with Crippen LogP contribution in [0.5, 0.6) is 5.95 Å². The van der Waals surface area contributed by atoms with Crippen LogP contribution in [0.4, 0.5) is 0 Å². The minimum absolute atomic E-state index is 0.0625. The van der Waals surface area contributed by atoms with Gasteiger partial charge in [-0.3, -0.25) is 0 Å². The van der Waals surface area contributed by atoms with Crippen molar-refractivity contribution in [1.82, 2.24) is 0 Å². The third kappa shape index (κ3) is 1.22. The van der Waals surface area contributed by atoms with Crippen LogP contribution in [0.15, 0.2) is 16.5 Å². The number of aromatic hydroxyl groups is 1. The number of rotatable bonds is 1. The van der Waals surface area contributed by atoms with E-state index in [1.165, 1.54) is 12.1 Å². The summed E-state index contributed by atoms with van der Waals surface area (Å²) in [4.78, 5) is 0. The van der Waals surface area contributed by atoms with E-state index in [2.05, 4.69) is 4.42 Å². The van der Waals surface area contributed by atoms with Crippen molar-refractivity contribution in [3.63, 3.8) is 0 Å². The van der Waals surface area contributed by atoms with Gasteiger partial charge in [-0.15, -0.1) is 0 Å². The molecule has 4 heteroatoms. The molecule has 1 aromatic rings. The summed E-state index contributed by atoms with van der Waals surface area (Å²) in [6.45, 7) is 0. The van der Waals surface area contributed by atoms with Gasteiger partial charge in [-0.2, -0.15) is 0 Å². The van der Waals surface area contributed by atoms with Crippen LogP contribution >= 0.6 is 0 Å². The summed E-state index contributed by atoms with van der Waals surface area (Å²) >= 11 is 0. The molecule has 9 heavy (non-hydrogen) atoms. The Morgan fingerprint density at radius 1 is 1.33 bits per heavy atom. The number of hydrogen-bond acceptors (Lipinski definition) is 4. The number of furan rings is 1. The summed E-state index contributed by atoms with van der Waals surface area (Å²) in [5.41, 5.74) is 0. The average molecular weight is 130 g/mol. The molecule has 0 amide bonds. The van der Waals surface area contributed by atoms with E-state index >= 15 is 0 Å². The van der Waals surface area contributed by atoms with E-state index in [0.717, 1.165) is 0 Å². The zero-order valence-corrected chi connectivity index (χ0v) is 4.48. The average Bonchev–Trinajstić information content (AvgIpc) is 2.14. The summed E-state index contributed by atoms with van der Waals surface area (Å²) in [6, 6.07) is 2.51. The van der Waals surface area contributed by atoms with E-state index in [9.17, 15) is 0 Å². The van der Waals surface area contributed by atoms with Gasteiger partial charge in [0, 0.05) is 6.07 Å². The zero-order valence-electron chi connectivity index (χ0n) is 4.48. The molecule has 0 saturated carbocycles. The van der Waals surface area contributed by atoms with Gasteiger partial charge >= 0.3 is 0 Å². The maximum atomic E-state index is 8.51. The van der Waals surface area contributed by atoms with Crippen molar-refractivity contribution in [2.45, 2.75) is 6.29 Å². The van der Waals surface area contributed by atoms with Gasteiger partial charge in [0.05, 0.1) is 0 Å². The Morgan fingerprint density at radius 2 is 2.00 bits per heavy atom. The van der Waals surface area contributed by atoms with E-state index in [-0.39, 0.29) is 11.7 Å². The molecular weight excluding hydrogens is 124 g/mol. The third-order valence-corrected chi connectivity index (χ3v) is 0.867. The maximum absolute atomic E-state index is 8.51. The van der Waals surface area contributed by atoms with Gasteiger partial charge in [0.15, 0.2) is 5.76 Å². The second kappa shape index (κ2) is 2.08. The molecule has 1 heterocycles. The fourth-order valence-corrected chi connectivity index (χ4v) is 0.481.